The first kappa shape index (κ1) is 16.1. The summed E-state index contributed by atoms with van der Waals surface area (Å²) in [6.07, 6.45) is 1.55. The smallest absolute Gasteiger partial charge is 0.276 e. The van der Waals surface area contributed by atoms with Crippen molar-refractivity contribution in [2.75, 3.05) is 14.2 Å². The molecule has 2 aromatic carbocycles. The van der Waals surface area contributed by atoms with Crippen LogP contribution in [0.5, 0.6) is 11.5 Å². The van der Waals surface area contributed by atoms with Gasteiger partial charge in [-0.2, -0.15) is 0 Å². The summed E-state index contributed by atoms with van der Waals surface area (Å²) in [5, 5.41) is 11.0. The number of nitro benzene ring substituents is 1. The molecular formula is C17H13NO5S. The van der Waals surface area contributed by atoms with Crippen molar-refractivity contribution in [1.29, 1.82) is 0 Å². The molecular weight excluding hydrogens is 330 g/mol. The van der Waals surface area contributed by atoms with Gasteiger partial charge in [-0.05, 0) is 36.0 Å². The summed E-state index contributed by atoms with van der Waals surface area (Å²) in [6, 6.07) is 9.76. The van der Waals surface area contributed by atoms with Gasteiger partial charge in [0.2, 0.25) is 5.12 Å². The first-order valence-corrected chi connectivity index (χ1v) is 7.80. The Hall–Kier alpha value is -2.80. The molecule has 0 amide bonds. The highest BCUT2D eigenvalue weighted by molar-refractivity contribution is 8.15. The number of para-hydroxylation sites is 1. The predicted molar refractivity (Wildman–Crippen MR) is 91.4 cm³/mol. The van der Waals surface area contributed by atoms with Crippen molar-refractivity contribution in [3.8, 4) is 11.5 Å². The highest BCUT2D eigenvalue weighted by Gasteiger charge is 2.28. The Morgan fingerprint density at radius 1 is 1.12 bits per heavy atom. The van der Waals surface area contributed by atoms with E-state index in [0.29, 0.717) is 28.2 Å². The van der Waals surface area contributed by atoms with Crippen LogP contribution >= 0.6 is 11.8 Å². The molecule has 2 aromatic rings. The van der Waals surface area contributed by atoms with Crippen LogP contribution in [-0.4, -0.2) is 24.3 Å². The van der Waals surface area contributed by atoms with Crippen LogP contribution in [0.1, 0.15) is 11.1 Å². The number of hydrogen-bond donors (Lipinski definition) is 0. The zero-order chi connectivity index (χ0) is 17.3. The zero-order valence-corrected chi connectivity index (χ0v) is 13.8. The number of nitro groups is 1. The zero-order valence-electron chi connectivity index (χ0n) is 12.9. The van der Waals surface area contributed by atoms with Crippen LogP contribution in [-0.2, 0) is 4.79 Å². The summed E-state index contributed by atoms with van der Waals surface area (Å²) in [4.78, 5) is 23.8. The molecule has 7 heteroatoms. The normalized spacial score (nSPS) is 14.6. The number of hydrogen-bond acceptors (Lipinski definition) is 6. The van der Waals surface area contributed by atoms with Gasteiger partial charge in [-0.3, -0.25) is 14.9 Å². The lowest BCUT2D eigenvalue weighted by Crippen LogP contribution is -1.95. The molecule has 0 unspecified atom stereocenters. The molecule has 122 valence electrons. The molecule has 0 aromatic heterocycles. The molecule has 1 aliphatic rings. The van der Waals surface area contributed by atoms with Gasteiger partial charge in [0, 0.05) is 22.1 Å². The van der Waals surface area contributed by atoms with Crippen molar-refractivity contribution in [2.24, 2.45) is 0 Å². The number of rotatable bonds is 4. The fourth-order valence-corrected chi connectivity index (χ4v) is 3.41. The van der Waals surface area contributed by atoms with Gasteiger partial charge in [0.1, 0.15) is 0 Å². The van der Waals surface area contributed by atoms with E-state index >= 15 is 0 Å². The van der Waals surface area contributed by atoms with E-state index in [0.717, 1.165) is 16.7 Å². The minimum atomic E-state index is -0.464. The molecule has 0 saturated carbocycles. The Balaban J connectivity index is 2.15. The van der Waals surface area contributed by atoms with Crippen LogP contribution in [0, 0.1) is 10.1 Å². The topological polar surface area (TPSA) is 78.7 Å². The van der Waals surface area contributed by atoms with Crippen LogP contribution < -0.4 is 9.47 Å². The largest absolute Gasteiger partial charge is 0.493 e. The highest BCUT2D eigenvalue weighted by atomic mass is 32.2. The van der Waals surface area contributed by atoms with Gasteiger partial charge < -0.3 is 9.47 Å². The molecule has 0 spiro atoms. The summed E-state index contributed by atoms with van der Waals surface area (Å²) < 4.78 is 10.5. The lowest BCUT2D eigenvalue weighted by molar-refractivity contribution is -0.385. The average molecular weight is 343 g/mol. The maximum atomic E-state index is 12.4. The number of ether oxygens (including phenoxy) is 2. The second kappa shape index (κ2) is 6.37. The van der Waals surface area contributed by atoms with E-state index in [9.17, 15) is 14.9 Å². The predicted octanol–water partition coefficient (Wildman–Crippen LogP) is 3.78. The monoisotopic (exact) mass is 343 g/mol. The minimum absolute atomic E-state index is 0.0447. The fourth-order valence-electron chi connectivity index (χ4n) is 2.49. The van der Waals surface area contributed by atoms with E-state index in [2.05, 4.69) is 0 Å². The molecule has 0 radical (unpaired) electrons. The summed E-state index contributed by atoms with van der Waals surface area (Å²) >= 11 is 1.07. The Labute approximate surface area is 142 Å². The number of fused-ring (bicyclic) bond motifs is 1. The lowest BCUT2D eigenvalue weighted by Gasteiger charge is -2.09. The summed E-state index contributed by atoms with van der Waals surface area (Å²) in [7, 11) is 3.04. The van der Waals surface area contributed by atoms with Crippen LogP contribution in [0.2, 0.25) is 0 Å². The van der Waals surface area contributed by atoms with Gasteiger partial charge in [-0.15, -0.1) is 0 Å². The molecule has 0 bridgehead atoms. The average Bonchev–Trinajstić information content (AvgIpc) is 2.88. The van der Waals surface area contributed by atoms with Crippen molar-refractivity contribution in [2.45, 2.75) is 4.90 Å². The summed E-state index contributed by atoms with van der Waals surface area (Å²) in [5.74, 6) is 1.03. The number of carbonyl (C=O) groups excluding carboxylic acids is 1. The molecule has 0 atom stereocenters. The summed E-state index contributed by atoms with van der Waals surface area (Å²) in [5.41, 5.74) is 1.43. The van der Waals surface area contributed by atoms with Crippen LogP contribution in [0.15, 0.2) is 41.3 Å². The van der Waals surface area contributed by atoms with Gasteiger partial charge in [0.15, 0.2) is 11.5 Å². The Morgan fingerprint density at radius 2 is 1.79 bits per heavy atom. The first-order chi connectivity index (χ1) is 11.5. The van der Waals surface area contributed by atoms with Gasteiger partial charge >= 0.3 is 0 Å². The third-order valence-electron chi connectivity index (χ3n) is 3.63. The van der Waals surface area contributed by atoms with Gasteiger partial charge in [0.25, 0.3) is 5.69 Å². The maximum Gasteiger partial charge on any atom is 0.276 e. The molecule has 3 rings (SSSR count). The molecule has 0 N–H and O–H groups in total. The quantitative estimate of drug-likeness (QED) is 0.477. The number of benzene rings is 2. The van der Waals surface area contributed by atoms with Crippen molar-refractivity contribution in [3.63, 3.8) is 0 Å². The van der Waals surface area contributed by atoms with E-state index in [1.165, 1.54) is 20.3 Å². The molecule has 6 nitrogen and oxygen atoms in total. The lowest BCUT2D eigenvalue weighted by atomic mass is 10.0. The number of thioether (sulfide) groups is 1. The number of carbonyl (C=O) groups is 1. The number of methoxy groups -OCH3 is 2. The van der Waals surface area contributed by atoms with Crippen molar-refractivity contribution >= 4 is 34.2 Å². The Morgan fingerprint density at radius 3 is 2.46 bits per heavy atom. The van der Waals surface area contributed by atoms with Crippen LogP contribution in [0.4, 0.5) is 5.69 Å². The van der Waals surface area contributed by atoms with Crippen molar-refractivity contribution in [3.05, 3.63) is 57.6 Å². The van der Waals surface area contributed by atoms with E-state index in [1.807, 2.05) is 0 Å². The molecule has 1 heterocycles. The third-order valence-corrected chi connectivity index (χ3v) is 4.59. The van der Waals surface area contributed by atoms with Crippen molar-refractivity contribution < 1.29 is 19.2 Å². The molecule has 0 saturated heterocycles. The van der Waals surface area contributed by atoms with Gasteiger partial charge in [0.05, 0.1) is 24.7 Å². The first-order valence-electron chi connectivity index (χ1n) is 6.99. The Kier molecular flexibility index (Phi) is 4.26. The fraction of sp³-hybridized carbons (Fsp3) is 0.118. The SMILES string of the molecule is COc1cc2c(cc1OC)/C(=C\c1ccccc1[N+](=O)[O-])C(=O)S2. The standard InChI is InChI=1S/C17H13NO5S/c1-22-14-8-11-12(17(19)24-16(11)9-15(14)23-2)7-10-5-3-4-6-13(10)18(20)21/h3-9H,1-2H3/b12-7+. The second-order valence-corrected chi connectivity index (χ2v) is 5.98. The second-order valence-electron chi connectivity index (χ2n) is 4.97. The van der Waals surface area contributed by atoms with Crippen LogP contribution in [0.25, 0.3) is 11.6 Å². The molecule has 24 heavy (non-hydrogen) atoms. The summed E-state index contributed by atoms with van der Waals surface area (Å²) in [6.45, 7) is 0. The van der Waals surface area contributed by atoms with Gasteiger partial charge in [-0.1, -0.05) is 12.1 Å². The van der Waals surface area contributed by atoms with E-state index < -0.39 is 4.92 Å². The van der Waals surface area contributed by atoms with Crippen LogP contribution in [0.3, 0.4) is 0 Å². The van der Waals surface area contributed by atoms with E-state index in [4.69, 9.17) is 9.47 Å². The molecule has 0 fully saturated rings. The van der Waals surface area contributed by atoms with E-state index in [-0.39, 0.29) is 10.8 Å². The molecule has 0 aliphatic carbocycles. The number of nitrogens with zero attached hydrogens (tertiary/aromatic N) is 1. The minimum Gasteiger partial charge on any atom is -0.493 e. The van der Waals surface area contributed by atoms with Gasteiger partial charge in [-0.25, -0.2) is 0 Å². The Bertz CT molecular complexity index is 875. The highest BCUT2D eigenvalue weighted by Crippen LogP contribution is 2.46. The molecule has 1 aliphatic heterocycles. The maximum absolute atomic E-state index is 12.4. The third kappa shape index (κ3) is 2.74. The van der Waals surface area contributed by atoms with E-state index in [1.54, 1.807) is 36.4 Å². The van der Waals surface area contributed by atoms with Crippen molar-refractivity contribution in [1.82, 2.24) is 0 Å².